The molecule has 0 radical (unpaired) electrons. The third-order valence-electron chi connectivity index (χ3n) is 2.48. The Morgan fingerprint density at radius 2 is 2.25 bits per heavy atom. The normalized spacial score (nSPS) is 24.1. The molecule has 1 aliphatic carbocycles. The molecule has 5 heteroatoms. The Bertz CT molecular complexity index is 422. The van der Waals surface area contributed by atoms with E-state index in [1.807, 2.05) is 0 Å². The summed E-state index contributed by atoms with van der Waals surface area (Å²) in [6.07, 6.45) is -0.446. The van der Waals surface area contributed by atoms with Gasteiger partial charge < -0.3 is 9.47 Å². The molecule has 86 valence electrons. The van der Waals surface area contributed by atoms with Crippen LogP contribution < -0.4 is 4.74 Å². The molecule has 0 aliphatic heterocycles. The van der Waals surface area contributed by atoms with Crippen LogP contribution in [0.3, 0.4) is 0 Å². The SMILES string of the molecule is COC1C(=O)CC1Oc1ccc(F)cc1Br. The number of ketones is 1. The number of carbonyl (C=O) groups excluding carboxylic acids is 1. The molecule has 16 heavy (non-hydrogen) atoms. The summed E-state index contributed by atoms with van der Waals surface area (Å²) < 4.78 is 23.9. The van der Waals surface area contributed by atoms with E-state index in [4.69, 9.17) is 9.47 Å². The molecule has 1 aliphatic rings. The van der Waals surface area contributed by atoms with Crippen LogP contribution in [0.25, 0.3) is 0 Å². The Hall–Kier alpha value is -0.940. The summed E-state index contributed by atoms with van der Waals surface area (Å²) >= 11 is 3.20. The standard InChI is InChI=1S/C11H10BrFO3/c1-15-11-8(14)5-10(11)16-9-3-2-6(13)4-7(9)12/h2-4,10-11H,5H2,1H3. The molecule has 1 aromatic rings. The number of benzene rings is 1. The van der Waals surface area contributed by atoms with Gasteiger partial charge in [0.05, 0.1) is 4.47 Å². The first kappa shape index (κ1) is 11.5. The maximum Gasteiger partial charge on any atom is 0.169 e. The van der Waals surface area contributed by atoms with Crippen molar-refractivity contribution in [1.82, 2.24) is 0 Å². The van der Waals surface area contributed by atoms with Crippen LogP contribution in [0.2, 0.25) is 0 Å². The highest BCUT2D eigenvalue weighted by atomic mass is 79.9. The number of halogens is 2. The van der Waals surface area contributed by atoms with E-state index in [-0.39, 0.29) is 17.7 Å². The van der Waals surface area contributed by atoms with Crippen molar-refractivity contribution in [2.45, 2.75) is 18.6 Å². The predicted molar refractivity (Wildman–Crippen MR) is 58.9 cm³/mol. The molecule has 3 nitrogen and oxygen atoms in total. The highest BCUT2D eigenvalue weighted by Crippen LogP contribution is 2.31. The van der Waals surface area contributed by atoms with Gasteiger partial charge in [-0.2, -0.15) is 0 Å². The van der Waals surface area contributed by atoms with E-state index in [9.17, 15) is 9.18 Å². The first-order chi connectivity index (χ1) is 7.61. The summed E-state index contributed by atoms with van der Waals surface area (Å²) in [5.74, 6) is 0.207. The first-order valence-corrected chi connectivity index (χ1v) is 5.58. The fraction of sp³-hybridized carbons (Fsp3) is 0.364. The lowest BCUT2D eigenvalue weighted by atomic mass is 9.90. The molecule has 0 bridgehead atoms. The minimum atomic E-state index is -0.503. The number of Topliss-reactive ketones (excluding diaryl/α,β-unsaturated/α-hetero) is 1. The lowest BCUT2D eigenvalue weighted by Crippen LogP contribution is -2.51. The Kier molecular flexibility index (Phi) is 3.25. The molecule has 0 saturated heterocycles. The van der Waals surface area contributed by atoms with Crippen molar-refractivity contribution in [2.75, 3.05) is 7.11 Å². The van der Waals surface area contributed by atoms with E-state index in [1.165, 1.54) is 25.3 Å². The summed E-state index contributed by atoms with van der Waals surface area (Å²) in [6, 6.07) is 4.15. The smallest absolute Gasteiger partial charge is 0.169 e. The maximum atomic E-state index is 12.8. The van der Waals surface area contributed by atoms with Gasteiger partial charge in [0.2, 0.25) is 0 Å². The van der Waals surface area contributed by atoms with Crippen molar-refractivity contribution < 1.29 is 18.7 Å². The Labute approximate surface area is 101 Å². The molecule has 0 aromatic heterocycles. The van der Waals surface area contributed by atoms with Crippen molar-refractivity contribution in [3.05, 3.63) is 28.5 Å². The fourth-order valence-corrected chi connectivity index (χ4v) is 2.03. The Balaban J connectivity index is 2.07. The first-order valence-electron chi connectivity index (χ1n) is 4.79. The second-order valence-corrected chi connectivity index (χ2v) is 4.41. The van der Waals surface area contributed by atoms with Crippen LogP contribution >= 0.6 is 15.9 Å². The van der Waals surface area contributed by atoms with Crippen molar-refractivity contribution in [1.29, 1.82) is 0 Å². The lowest BCUT2D eigenvalue weighted by Gasteiger charge is -2.33. The number of rotatable bonds is 3. The molecule has 1 aromatic carbocycles. The van der Waals surface area contributed by atoms with Gasteiger partial charge in [-0.25, -0.2) is 4.39 Å². The van der Waals surface area contributed by atoms with Gasteiger partial charge >= 0.3 is 0 Å². The monoisotopic (exact) mass is 288 g/mol. The molecule has 0 spiro atoms. The van der Waals surface area contributed by atoms with Crippen LogP contribution in [-0.2, 0) is 9.53 Å². The van der Waals surface area contributed by atoms with E-state index in [0.29, 0.717) is 16.6 Å². The van der Waals surface area contributed by atoms with Crippen molar-refractivity contribution in [2.24, 2.45) is 0 Å². The third-order valence-corrected chi connectivity index (χ3v) is 3.10. The lowest BCUT2D eigenvalue weighted by molar-refractivity contribution is -0.151. The highest BCUT2D eigenvalue weighted by molar-refractivity contribution is 9.10. The number of hydrogen-bond donors (Lipinski definition) is 0. The molecular formula is C11H10BrFO3. The van der Waals surface area contributed by atoms with Crippen LogP contribution in [0.15, 0.2) is 22.7 Å². The number of methoxy groups -OCH3 is 1. The van der Waals surface area contributed by atoms with E-state index in [2.05, 4.69) is 15.9 Å². The molecule has 0 N–H and O–H groups in total. The zero-order chi connectivity index (χ0) is 11.7. The van der Waals surface area contributed by atoms with E-state index < -0.39 is 6.10 Å². The third kappa shape index (κ3) is 2.10. The van der Waals surface area contributed by atoms with Gasteiger partial charge in [-0.15, -0.1) is 0 Å². The zero-order valence-corrected chi connectivity index (χ0v) is 10.2. The summed E-state index contributed by atoms with van der Waals surface area (Å²) in [6.45, 7) is 0. The van der Waals surface area contributed by atoms with E-state index in [0.717, 1.165) is 0 Å². The zero-order valence-electron chi connectivity index (χ0n) is 8.57. The van der Waals surface area contributed by atoms with Crippen molar-refractivity contribution in [3.63, 3.8) is 0 Å². The average Bonchev–Trinajstić information content (AvgIpc) is 2.21. The van der Waals surface area contributed by atoms with Crippen LogP contribution in [0, 0.1) is 5.82 Å². The number of ether oxygens (including phenoxy) is 2. The van der Waals surface area contributed by atoms with Crippen molar-refractivity contribution in [3.8, 4) is 5.75 Å². The molecule has 2 atom stereocenters. The molecule has 2 rings (SSSR count). The van der Waals surface area contributed by atoms with Gasteiger partial charge in [-0.3, -0.25) is 4.79 Å². The molecule has 2 unspecified atom stereocenters. The molecule has 0 heterocycles. The number of hydrogen-bond acceptors (Lipinski definition) is 3. The topological polar surface area (TPSA) is 35.5 Å². The summed E-state index contributed by atoms with van der Waals surface area (Å²) in [5.41, 5.74) is 0. The van der Waals surface area contributed by atoms with Gasteiger partial charge in [0.1, 0.15) is 17.7 Å². The van der Waals surface area contributed by atoms with E-state index in [1.54, 1.807) is 0 Å². The van der Waals surface area contributed by atoms with Gasteiger partial charge in [0.15, 0.2) is 11.9 Å². The van der Waals surface area contributed by atoms with Crippen LogP contribution in [0.4, 0.5) is 4.39 Å². The average molecular weight is 289 g/mol. The predicted octanol–water partition coefficient (Wildman–Crippen LogP) is 2.32. The summed E-state index contributed by atoms with van der Waals surface area (Å²) in [4.78, 5) is 11.1. The van der Waals surface area contributed by atoms with Crippen LogP contribution in [-0.4, -0.2) is 25.1 Å². The quantitative estimate of drug-likeness (QED) is 0.856. The van der Waals surface area contributed by atoms with E-state index >= 15 is 0 Å². The molecule has 1 saturated carbocycles. The van der Waals surface area contributed by atoms with Gasteiger partial charge in [0, 0.05) is 13.5 Å². The largest absolute Gasteiger partial charge is 0.486 e. The summed E-state index contributed by atoms with van der Waals surface area (Å²) in [7, 11) is 1.47. The molecular weight excluding hydrogens is 279 g/mol. The minimum absolute atomic E-state index is 0.0331. The Morgan fingerprint density at radius 1 is 1.50 bits per heavy atom. The number of carbonyl (C=O) groups is 1. The second kappa shape index (κ2) is 4.51. The fourth-order valence-electron chi connectivity index (χ4n) is 1.59. The molecule has 0 amide bonds. The van der Waals surface area contributed by atoms with Gasteiger partial charge in [-0.05, 0) is 34.1 Å². The van der Waals surface area contributed by atoms with Crippen LogP contribution in [0.5, 0.6) is 5.75 Å². The minimum Gasteiger partial charge on any atom is -0.486 e. The van der Waals surface area contributed by atoms with Crippen LogP contribution in [0.1, 0.15) is 6.42 Å². The van der Waals surface area contributed by atoms with Crippen molar-refractivity contribution >= 4 is 21.7 Å². The Morgan fingerprint density at radius 3 is 2.81 bits per heavy atom. The maximum absolute atomic E-state index is 12.8. The van der Waals surface area contributed by atoms with Gasteiger partial charge in [-0.1, -0.05) is 0 Å². The summed E-state index contributed by atoms with van der Waals surface area (Å²) in [5, 5.41) is 0. The highest BCUT2D eigenvalue weighted by Gasteiger charge is 2.42. The molecule has 1 fully saturated rings. The van der Waals surface area contributed by atoms with Gasteiger partial charge in [0.25, 0.3) is 0 Å². The second-order valence-electron chi connectivity index (χ2n) is 3.56.